The first kappa shape index (κ1) is 28.4. The lowest BCUT2D eigenvalue weighted by Crippen LogP contribution is -2.46. The lowest BCUT2D eigenvalue weighted by Gasteiger charge is -2.29. The minimum Gasteiger partial charge on any atom is -0.462 e. The van der Waals surface area contributed by atoms with E-state index in [1.165, 1.54) is 36.1 Å². The first-order valence-corrected chi connectivity index (χ1v) is 13.5. The number of esters is 1. The lowest BCUT2D eigenvalue weighted by atomic mass is 9.97. The topological polar surface area (TPSA) is 193 Å². The summed E-state index contributed by atoms with van der Waals surface area (Å²) >= 11 is 0. The van der Waals surface area contributed by atoms with Crippen LogP contribution in [0.2, 0.25) is 0 Å². The number of hydrogen-bond donors (Lipinski definition) is 4. The summed E-state index contributed by atoms with van der Waals surface area (Å²) in [7, 11) is -4.35. The van der Waals surface area contributed by atoms with Crippen molar-refractivity contribution in [3.05, 3.63) is 42.9 Å². The number of nitrogen functional groups attached to an aromatic ring is 1. The van der Waals surface area contributed by atoms with Gasteiger partial charge in [-0.3, -0.25) is 13.9 Å². The Morgan fingerprint density at radius 3 is 2.69 bits per heavy atom. The quantitative estimate of drug-likeness (QED) is 0.157. The number of carbonyl (C=O) groups is 1. The SMILES string of the molecule is C#C[C@]1(CO[P@@](=O)(N[C@@H](C)C(=O)OC(C)C)Oc2ccccc2)O[C@@H](n2cnc3cnc(N)nc32)[C@@H](O)C1O. The highest BCUT2D eigenvalue weighted by Gasteiger charge is 2.56. The molecule has 3 heterocycles. The van der Waals surface area contributed by atoms with E-state index in [-0.39, 0.29) is 17.3 Å². The fraction of sp³-hybridized carbons (Fsp3) is 0.417. The maximum atomic E-state index is 13.8. The second kappa shape index (κ2) is 11.3. The monoisotopic (exact) mass is 560 g/mol. The highest BCUT2D eigenvalue weighted by molar-refractivity contribution is 7.52. The van der Waals surface area contributed by atoms with Crippen molar-refractivity contribution in [2.24, 2.45) is 0 Å². The van der Waals surface area contributed by atoms with Crippen molar-refractivity contribution in [2.75, 3.05) is 12.3 Å². The molecule has 15 heteroatoms. The van der Waals surface area contributed by atoms with Crippen molar-refractivity contribution >= 4 is 30.8 Å². The number of aliphatic hydroxyl groups excluding tert-OH is 2. The van der Waals surface area contributed by atoms with Crippen molar-refractivity contribution in [2.45, 2.75) is 57.0 Å². The predicted octanol–water partition coefficient (Wildman–Crippen LogP) is 1.16. The maximum Gasteiger partial charge on any atom is 0.459 e. The number of para-hydroxylation sites is 1. The number of imidazole rings is 1. The van der Waals surface area contributed by atoms with E-state index in [2.05, 4.69) is 26.0 Å². The van der Waals surface area contributed by atoms with Crippen LogP contribution in [-0.4, -0.2) is 72.3 Å². The van der Waals surface area contributed by atoms with Crippen LogP contribution in [0.25, 0.3) is 11.2 Å². The number of terminal acetylenes is 1. The average molecular weight is 561 g/mol. The summed E-state index contributed by atoms with van der Waals surface area (Å²) in [6.07, 6.45) is 3.50. The molecule has 1 saturated heterocycles. The summed E-state index contributed by atoms with van der Waals surface area (Å²) in [6.45, 7) is 4.06. The maximum absolute atomic E-state index is 13.8. The Hall–Kier alpha value is -3.57. The van der Waals surface area contributed by atoms with Gasteiger partial charge in [0.05, 0.1) is 18.6 Å². The van der Waals surface area contributed by atoms with Gasteiger partial charge in [-0.25, -0.2) is 14.5 Å². The van der Waals surface area contributed by atoms with Crippen LogP contribution in [0.1, 0.15) is 27.0 Å². The van der Waals surface area contributed by atoms with Crippen molar-refractivity contribution in [3.63, 3.8) is 0 Å². The standard InChI is InChI=1S/C24H29N6O8P/c1-5-24(19(32)18(31)21(37-24)30-13-27-17-11-26-23(25)28-20(17)30)12-35-39(34,38-16-9-7-6-8-10-16)29-15(4)22(33)36-14(2)3/h1,6-11,13-15,18-19,21,31-32H,12H2,2-4H3,(H,29,34)(H2,25,26,28)/t15-,18-,19?,21+,24+,39-/m0/s1. The van der Waals surface area contributed by atoms with Gasteiger partial charge in [0, 0.05) is 0 Å². The van der Waals surface area contributed by atoms with Gasteiger partial charge in [-0.2, -0.15) is 10.1 Å². The Bertz CT molecular complexity index is 1410. The summed E-state index contributed by atoms with van der Waals surface area (Å²) in [5, 5.41) is 24.3. The van der Waals surface area contributed by atoms with E-state index >= 15 is 0 Å². The zero-order valence-electron chi connectivity index (χ0n) is 21.4. The highest BCUT2D eigenvalue weighted by atomic mass is 31.2. The van der Waals surface area contributed by atoms with Gasteiger partial charge in [0.2, 0.25) is 5.95 Å². The van der Waals surface area contributed by atoms with E-state index in [4.69, 9.17) is 30.7 Å². The summed E-state index contributed by atoms with van der Waals surface area (Å²) in [5.74, 6) is 1.73. The van der Waals surface area contributed by atoms with Crippen LogP contribution >= 0.6 is 7.75 Å². The van der Waals surface area contributed by atoms with Gasteiger partial charge in [-0.05, 0) is 32.9 Å². The van der Waals surface area contributed by atoms with Crippen LogP contribution in [0.3, 0.4) is 0 Å². The first-order valence-electron chi connectivity index (χ1n) is 11.9. The molecule has 0 bridgehead atoms. The Morgan fingerprint density at radius 1 is 1.31 bits per heavy atom. The molecule has 2 aromatic heterocycles. The van der Waals surface area contributed by atoms with Crippen LogP contribution in [0.5, 0.6) is 5.75 Å². The molecule has 1 unspecified atom stereocenters. The van der Waals surface area contributed by atoms with E-state index in [0.717, 1.165) is 0 Å². The number of aliphatic hydroxyl groups is 2. The number of hydrogen-bond acceptors (Lipinski definition) is 12. The number of nitrogens with two attached hydrogens (primary N) is 1. The molecule has 14 nitrogen and oxygen atoms in total. The summed E-state index contributed by atoms with van der Waals surface area (Å²) in [4.78, 5) is 24.5. The number of aromatic nitrogens is 4. The fourth-order valence-corrected chi connectivity index (χ4v) is 5.35. The van der Waals surface area contributed by atoms with Crippen molar-refractivity contribution in [1.82, 2.24) is 24.6 Å². The molecular formula is C24H29N6O8P. The number of benzene rings is 1. The molecule has 0 aliphatic carbocycles. The third-order valence-electron chi connectivity index (χ3n) is 5.75. The van der Waals surface area contributed by atoms with Gasteiger partial charge in [0.1, 0.15) is 36.1 Å². The summed E-state index contributed by atoms with van der Waals surface area (Å²) in [6, 6.07) is 6.98. The zero-order valence-corrected chi connectivity index (χ0v) is 22.3. The van der Waals surface area contributed by atoms with E-state index in [0.29, 0.717) is 5.52 Å². The highest BCUT2D eigenvalue weighted by Crippen LogP contribution is 2.48. The Kier molecular flexibility index (Phi) is 8.22. The molecule has 39 heavy (non-hydrogen) atoms. The van der Waals surface area contributed by atoms with Gasteiger partial charge >= 0.3 is 13.7 Å². The normalized spacial score (nSPS) is 25.2. The number of nitrogens with zero attached hydrogens (tertiary/aromatic N) is 4. The number of rotatable bonds is 10. The molecule has 1 aromatic carbocycles. The van der Waals surface area contributed by atoms with Crippen LogP contribution in [0.15, 0.2) is 42.9 Å². The van der Waals surface area contributed by atoms with E-state index in [1.54, 1.807) is 32.0 Å². The van der Waals surface area contributed by atoms with Crippen molar-refractivity contribution in [1.29, 1.82) is 0 Å². The summed E-state index contributed by atoms with van der Waals surface area (Å²) < 4.78 is 37.5. The molecule has 0 amide bonds. The predicted molar refractivity (Wildman–Crippen MR) is 138 cm³/mol. The third-order valence-corrected chi connectivity index (χ3v) is 7.38. The number of anilines is 1. The van der Waals surface area contributed by atoms with Gasteiger partial charge in [0.25, 0.3) is 0 Å². The molecule has 1 fully saturated rings. The Balaban J connectivity index is 1.59. The number of fused-ring (bicyclic) bond motifs is 1. The molecule has 5 N–H and O–H groups in total. The average Bonchev–Trinajstić information content (AvgIpc) is 3.41. The van der Waals surface area contributed by atoms with Crippen LogP contribution in [-0.2, 0) is 23.4 Å². The minimum atomic E-state index is -4.35. The molecule has 0 spiro atoms. The van der Waals surface area contributed by atoms with Crippen molar-refractivity contribution in [3.8, 4) is 18.1 Å². The molecular weight excluding hydrogens is 531 g/mol. The van der Waals surface area contributed by atoms with Crippen LogP contribution < -0.4 is 15.3 Å². The van der Waals surface area contributed by atoms with Gasteiger partial charge < -0.3 is 29.9 Å². The van der Waals surface area contributed by atoms with Gasteiger partial charge in [-0.1, -0.05) is 24.1 Å². The smallest absolute Gasteiger partial charge is 0.459 e. The van der Waals surface area contributed by atoms with E-state index < -0.39 is 56.5 Å². The zero-order chi connectivity index (χ0) is 28.4. The second-order valence-corrected chi connectivity index (χ2v) is 10.8. The van der Waals surface area contributed by atoms with Crippen LogP contribution in [0, 0.1) is 12.3 Å². The molecule has 3 aromatic rings. The van der Waals surface area contributed by atoms with Gasteiger partial charge in [0.15, 0.2) is 17.5 Å². The molecule has 1 aliphatic heterocycles. The fourth-order valence-electron chi connectivity index (χ4n) is 3.83. The van der Waals surface area contributed by atoms with E-state index in [1.807, 2.05) is 0 Å². The molecule has 4 rings (SSSR count). The number of carbonyl (C=O) groups excluding carboxylic acids is 1. The number of ether oxygens (including phenoxy) is 2. The molecule has 208 valence electrons. The Morgan fingerprint density at radius 2 is 2.03 bits per heavy atom. The molecule has 6 atom stereocenters. The summed E-state index contributed by atoms with van der Waals surface area (Å²) in [5.41, 5.74) is 4.28. The Labute approximate surface area is 224 Å². The molecule has 0 radical (unpaired) electrons. The third kappa shape index (κ3) is 6.04. The first-order chi connectivity index (χ1) is 18.5. The lowest BCUT2D eigenvalue weighted by molar-refractivity contribution is -0.149. The van der Waals surface area contributed by atoms with E-state index in [9.17, 15) is 19.6 Å². The molecule has 0 saturated carbocycles. The second-order valence-electron chi connectivity index (χ2n) is 9.08. The molecule has 1 aliphatic rings. The van der Waals surface area contributed by atoms with Gasteiger partial charge in [-0.15, -0.1) is 6.42 Å². The largest absolute Gasteiger partial charge is 0.462 e. The van der Waals surface area contributed by atoms with Crippen molar-refractivity contribution < 1.29 is 38.1 Å². The van der Waals surface area contributed by atoms with Crippen LogP contribution in [0.4, 0.5) is 5.95 Å². The minimum absolute atomic E-state index is 0.0426. The number of nitrogens with one attached hydrogen (secondary N) is 1.